The van der Waals surface area contributed by atoms with Crippen molar-refractivity contribution in [2.24, 2.45) is 0 Å². The van der Waals surface area contributed by atoms with E-state index in [2.05, 4.69) is 24.4 Å². The SMILES string of the molecule is CC(NC1(CO)CCOCC1)c1ccccc1. The van der Waals surface area contributed by atoms with E-state index < -0.39 is 0 Å². The number of hydrogen-bond acceptors (Lipinski definition) is 3. The van der Waals surface area contributed by atoms with E-state index in [4.69, 9.17) is 4.74 Å². The summed E-state index contributed by atoms with van der Waals surface area (Å²) in [4.78, 5) is 0. The maximum Gasteiger partial charge on any atom is 0.0615 e. The van der Waals surface area contributed by atoms with Crippen LogP contribution >= 0.6 is 0 Å². The molecule has 3 heteroatoms. The van der Waals surface area contributed by atoms with E-state index in [0.717, 1.165) is 26.1 Å². The number of aliphatic hydroxyl groups is 1. The van der Waals surface area contributed by atoms with Gasteiger partial charge in [-0.25, -0.2) is 0 Å². The van der Waals surface area contributed by atoms with Crippen LogP contribution in [0.2, 0.25) is 0 Å². The number of benzene rings is 1. The van der Waals surface area contributed by atoms with Crippen LogP contribution < -0.4 is 5.32 Å². The van der Waals surface area contributed by atoms with Crippen LogP contribution in [0.15, 0.2) is 30.3 Å². The molecule has 1 aromatic carbocycles. The molecule has 1 saturated heterocycles. The van der Waals surface area contributed by atoms with Crippen molar-refractivity contribution in [2.75, 3.05) is 19.8 Å². The second-order valence-corrected chi connectivity index (χ2v) is 4.83. The molecule has 2 N–H and O–H groups in total. The standard InChI is InChI=1S/C14H21NO2/c1-12(13-5-3-2-4-6-13)15-14(11-16)7-9-17-10-8-14/h2-6,12,15-16H,7-11H2,1H3. The Morgan fingerprint density at radius 2 is 1.94 bits per heavy atom. The highest BCUT2D eigenvalue weighted by Crippen LogP contribution is 2.24. The fraction of sp³-hybridized carbons (Fsp3) is 0.571. The highest BCUT2D eigenvalue weighted by atomic mass is 16.5. The zero-order valence-electron chi connectivity index (χ0n) is 10.4. The summed E-state index contributed by atoms with van der Waals surface area (Å²) in [7, 11) is 0. The number of nitrogens with one attached hydrogen (secondary N) is 1. The molecule has 0 radical (unpaired) electrons. The maximum absolute atomic E-state index is 9.62. The molecule has 94 valence electrons. The van der Waals surface area contributed by atoms with Crippen molar-refractivity contribution < 1.29 is 9.84 Å². The van der Waals surface area contributed by atoms with Crippen LogP contribution in [0.3, 0.4) is 0 Å². The van der Waals surface area contributed by atoms with E-state index in [0.29, 0.717) is 0 Å². The van der Waals surface area contributed by atoms with Gasteiger partial charge in [0.25, 0.3) is 0 Å². The van der Waals surface area contributed by atoms with Gasteiger partial charge in [-0.3, -0.25) is 0 Å². The number of rotatable bonds is 4. The molecule has 1 atom stereocenters. The van der Waals surface area contributed by atoms with Crippen molar-refractivity contribution in [2.45, 2.75) is 31.3 Å². The van der Waals surface area contributed by atoms with E-state index in [1.165, 1.54) is 5.56 Å². The Balaban J connectivity index is 2.03. The summed E-state index contributed by atoms with van der Waals surface area (Å²) in [6.45, 7) is 3.78. The number of ether oxygens (including phenoxy) is 1. The summed E-state index contributed by atoms with van der Waals surface area (Å²) >= 11 is 0. The Morgan fingerprint density at radius 3 is 2.53 bits per heavy atom. The lowest BCUT2D eigenvalue weighted by Crippen LogP contribution is -2.53. The third kappa shape index (κ3) is 3.06. The molecule has 0 aliphatic carbocycles. The quantitative estimate of drug-likeness (QED) is 0.837. The van der Waals surface area contributed by atoms with Crippen LogP contribution in [0.4, 0.5) is 0 Å². The van der Waals surface area contributed by atoms with Crippen LogP contribution in [-0.4, -0.2) is 30.5 Å². The van der Waals surface area contributed by atoms with E-state index in [1.54, 1.807) is 0 Å². The molecule has 0 saturated carbocycles. The summed E-state index contributed by atoms with van der Waals surface area (Å²) in [5, 5.41) is 13.2. The molecule has 0 bridgehead atoms. The lowest BCUT2D eigenvalue weighted by Gasteiger charge is -2.39. The average Bonchev–Trinajstić information content (AvgIpc) is 2.41. The maximum atomic E-state index is 9.62. The van der Waals surface area contributed by atoms with Crippen molar-refractivity contribution in [1.82, 2.24) is 5.32 Å². The monoisotopic (exact) mass is 235 g/mol. The fourth-order valence-corrected chi connectivity index (χ4v) is 2.39. The first kappa shape index (κ1) is 12.6. The van der Waals surface area contributed by atoms with E-state index in [1.807, 2.05) is 18.2 Å². The molecular formula is C14H21NO2. The van der Waals surface area contributed by atoms with Gasteiger partial charge in [0.1, 0.15) is 0 Å². The minimum atomic E-state index is -0.173. The zero-order valence-corrected chi connectivity index (χ0v) is 10.4. The Hall–Kier alpha value is -0.900. The lowest BCUT2D eigenvalue weighted by molar-refractivity contribution is 0.00738. The molecular weight excluding hydrogens is 214 g/mol. The van der Waals surface area contributed by atoms with E-state index >= 15 is 0 Å². The normalized spacial score (nSPS) is 21.1. The molecule has 1 fully saturated rings. The predicted molar refractivity (Wildman–Crippen MR) is 67.9 cm³/mol. The zero-order chi connectivity index (χ0) is 12.1. The Labute approximate surface area is 103 Å². The molecule has 0 aromatic heterocycles. The van der Waals surface area contributed by atoms with Gasteiger partial charge in [0.05, 0.1) is 6.61 Å². The Morgan fingerprint density at radius 1 is 1.29 bits per heavy atom. The smallest absolute Gasteiger partial charge is 0.0615 e. The molecule has 17 heavy (non-hydrogen) atoms. The topological polar surface area (TPSA) is 41.5 Å². The summed E-state index contributed by atoms with van der Waals surface area (Å²) in [5.41, 5.74) is 1.08. The highest BCUT2D eigenvalue weighted by Gasteiger charge is 2.33. The van der Waals surface area contributed by atoms with E-state index in [9.17, 15) is 5.11 Å². The number of aliphatic hydroxyl groups excluding tert-OH is 1. The van der Waals surface area contributed by atoms with Crippen molar-refractivity contribution in [3.63, 3.8) is 0 Å². The first-order valence-electron chi connectivity index (χ1n) is 6.27. The van der Waals surface area contributed by atoms with Crippen LogP contribution in [0, 0.1) is 0 Å². The minimum Gasteiger partial charge on any atom is -0.394 e. The summed E-state index contributed by atoms with van der Waals surface area (Å²) in [6.07, 6.45) is 1.75. The van der Waals surface area contributed by atoms with Gasteiger partial charge in [-0.1, -0.05) is 30.3 Å². The van der Waals surface area contributed by atoms with Crippen molar-refractivity contribution in [3.05, 3.63) is 35.9 Å². The Bertz CT molecular complexity index is 333. The van der Waals surface area contributed by atoms with Crippen molar-refractivity contribution >= 4 is 0 Å². The second kappa shape index (κ2) is 5.63. The summed E-state index contributed by atoms with van der Waals surface area (Å²) in [5.74, 6) is 0. The molecule has 3 nitrogen and oxygen atoms in total. The van der Waals surface area contributed by atoms with Gasteiger partial charge in [0, 0.05) is 24.8 Å². The minimum absolute atomic E-state index is 0.173. The third-order valence-electron chi connectivity index (χ3n) is 3.57. The van der Waals surface area contributed by atoms with Gasteiger partial charge in [0.15, 0.2) is 0 Å². The van der Waals surface area contributed by atoms with Crippen LogP contribution in [0.5, 0.6) is 0 Å². The molecule has 2 rings (SSSR count). The molecule has 0 spiro atoms. The predicted octanol–water partition coefficient (Wildman–Crippen LogP) is 1.88. The van der Waals surface area contributed by atoms with Gasteiger partial charge in [0.2, 0.25) is 0 Å². The van der Waals surface area contributed by atoms with Gasteiger partial charge < -0.3 is 15.2 Å². The lowest BCUT2D eigenvalue weighted by atomic mass is 9.89. The summed E-state index contributed by atoms with van der Waals surface area (Å²) in [6, 6.07) is 10.6. The molecule has 1 aliphatic heterocycles. The van der Waals surface area contributed by atoms with Crippen LogP contribution in [-0.2, 0) is 4.74 Å². The van der Waals surface area contributed by atoms with Gasteiger partial charge in [-0.15, -0.1) is 0 Å². The molecule has 0 amide bonds. The number of hydrogen-bond donors (Lipinski definition) is 2. The summed E-state index contributed by atoms with van der Waals surface area (Å²) < 4.78 is 5.36. The molecule has 1 aliphatic rings. The van der Waals surface area contributed by atoms with Gasteiger partial charge in [-0.2, -0.15) is 0 Å². The highest BCUT2D eigenvalue weighted by molar-refractivity contribution is 5.18. The molecule has 1 unspecified atom stereocenters. The largest absolute Gasteiger partial charge is 0.394 e. The average molecular weight is 235 g/mol. The van der Waals surface area contributed by atoms with E-state index in [-0.39, 0.29) is 18.2 Å². The van der Waals surface area contributed by atoms with Crippen LogP contribution in [0.1, 0.15) is 31.4 Å². The fourth-order valence-electron chi connectivity index (χ4n) is 2.39. The van der Waals surface area contributed by atoms with Crippen molar-refractivity contribution in [1.29, 1.82) is 0 Å². The second-order valence-electron chi connectivity index (χ2n) is 4.83. The van der Waals surface area contributed by atoms with Gasteiger partial charge in [-0.05, 0) is 25.3 Å². The van der Waals surface area contributed by atoms with Crippen LogP contribution in [0.25, 0.3) is 0 Å². The first-order valence-corrected chi connectivity index (χ1v) is 6.27. The molecule has 1 heterocycles. The third-order valence-corrected chi connectivity index (χ3v) is 3.57. The first-order chi connectivity index (χ1) is 8.26. The molecule has 1 aromatic rings. The van der Waals surface area contributed by atoms with Gasteiger partial charge >= 0.3 is 0 Å². The van der Waals surface area contributed by atoms with Crippen molar-refractivity contribution in [3.8, 4) is 0 Å². The Kier molecular flexibility index (Phi) is 4.15.